The summed E-state index contributed by atoms with van der Waals surface area (Å²) in [6.45, 7) is 1.94. The maximum absolute atomic E-state index is 12.4. The Hall–Kier alpha value is -2.89. The van der Waals surface area contributed by atoms with Gasteiger partial charge in [-0.25, -0.2) is 0 Å². The number of hydrogen-bond acceptors (Lipinski definition) is 4. The normalized spacial score (nSPS) is 19.8. The molecule has 0 bridgehead atoms. The molecule has 0 spiro atoms. The van der Waals surface area contributed by atoms with Gasteiger partial charge in [-0.2, -0.15) is 5.10 Å². The van der Waals surface area contributed by atoms with Gasteiger partial charge in [-0.1, -0.05) is 6.07 Å². The van der Waals surface area contributed by atoms with E-state index < -0.39 is 0 Å². The van der Waals surface area contributed by atoms with Crippen LogP contribution in [-0.2, 0) is 7.05 Å². The van der Waals surface area contributed by atoms with Crippen molar-refractivity contribution >= 4 is 16.8 Å². The fraction of sp³-hybridized carbons (Fsp3) is 0.381. The Balaban J connectivity index is 1.31. The first-order valence-corrected chi connectivity index (χ1v) is 9.41. The van der Waals surface area contributed by atoms with Crippen LogP contribution in [0.4, 0.5) is 0 Å². The first kappa shape index (κ1) is 17.5. The zero-order chi connectivity index (χ0) is 18.8. The highest BCUT2D eigenvalue weighted by Gasteiger charge is 2.24. The number of nitrogens with one attached hydrogen (secondary N) is 1. The minimum absolute atomic E-state index is 0.0925. The summed E-state index contributed by atoms with van der Waals surface area (Å²) in [4.78, 5) is 16.7. The van der Waals surface area contributed by atoms with Crippen LogP contribution in [-0.4, -0.2) is 32.8 Å². The van der Waals surface area contributed by atoms with E-state index >= 15 is 0 Å². The van der Waals surface area contributed by atoms with Gasteiger partial charge in [-0.3, -0.25) is 14.5 Å². The van der Waals surface area contributed by atoms with E-state index in [1.54, 1.807) is 10.9 Å². The average Bonchev–Trinajstić information content (AvgIpc) is 3.02. The van der Waals surface area contributed by atoms with Crippen LogP contribution in [0.15, 0.2) is 42.6 Å². The van der Waals surface area contributed by atoms with E-state index in [0.717, 1.165) is 48.0 Å². The first-order valence-electron chi connectivity index (χ1n) is 9.41. The van der Waals surface area contributed by atoms with E-state index in [1.165, 1.54) is 0 Å². The number of benzene rings is 1. The van der Waals surface area contributed by atoms with Gasteiger partial charge < -0.3 is 10.1 Å². The van der Waals surface area contributed by atoms with E-state index in [9.17, 15) is 4.79 Å². The predicted molar refractivity (Wildman–Crippen MR) is 104 cm³/mol. The Labute approximate surface area is 158 Å². The number of hydrogen-bond donors (Lipinski definition) is 1. The average molecular weight is 364 g/mol. The van der Waals surface area contributed by atoms with Crippen molar-refractivity contribution in [2.75, 3.05) is 0 Å². The second-order valence-electron chi connectivity index (χ2n) is 7.22. The molecule has 1 aliphatic carbocycles. The molecule has 0 atom stereocenters. The lowest BCUT2D eigenvalue weighted by atomic mass is 9.93. The van der Waals surface area contributed by atoms with E-state index in [-0.39, 0.29) is 18.1 Å². The number of rotatable bonds is 4. The number of carbonyl (C=O) groups excluding carboxylic acids is 1. The first-order chi connectivity index (χ1) is 13.1. The van der Waals surface area contributed by atoms with E-state index in [2.05, 4.69) is 15.4 Å². The summed E-state index contributed by atoms with van der Waals surface area (Å²) in [7, 11) is 1.84. The molecule has 2 aromatic heterocycles. The van der Waals surface area contributed by atoms with Crippen LogP contribution in [0.3, 0.4) is 0 Å². The quantitative estimate of drug-likeness (QED) is 0.770. The van der Waals surface area contributed by atoms with Crippen molar-refractivity contribution in [1.29, 1.82) is 0 Å². The molecule has 2 heterocycles. The van der Waals surface area contributed by atoms with Gasteiger partial charge in [0.15, 0.2) is 0 Å². The number of ether oxygens (including phenoxy) is 1. The van der Waals surface area contributed by atoms with Gasteiger partial charge in [-0.05, 0) is 62.9 Å². The van der Waals surface area contributed by atoms with Crippen molar-refractivity contribution < 1.29 is 9.53 Å². The topological polar surface area (TPSA) is 69.0 Å². The summed E-state index contributed by atoms with van der Waals surface area (Å²) in [6.07, 6.45) is 5.66. The summed E-state index contributed by atoms with van der Waals surface area (Å²) in [6, 6.07) is 12.0. The van der Waals surface area contributed by atoms with E-state index in [0.29, 0.717) is 5.69 Å². The second-order valence-corrected chi connectivity index (χ2v) is 7.22. The SMILES string of the molecule is Cc1cc(C(=O)NC2CCC(Oc3ccc4ncccc4c3)CC2)nn1C. The molecule has 1 aliphatic rings. The zero-order valence-corrected chi connectivity index (χ0v) is 15.7. The fourth-order valence-electron chi connectivity index (χ4n) is 3.58. The summed E-state index contributed by atoms with van der Waals surface area (Å²) >= 11 is 0. The van der Waals surface area contributed by atoms with Crippen molar-refractivity contribution in [3.05, 3.63) is 54.0 Å². The molecule has 1 fully saturated rings. The molecule has 3 aromatic rings. The molecule has 4 rings (SSSR count). The van der Waals surface area contributed by atoms with Crippen LogP contribution in [0.1, 0.15) is 41.9 Å². The number of amides is 1. The molecule has 0 saturated heterocycles. The van der Waals surface area contributed by atoms with Crippen molar-refractivity contribution in [3.63, 3.8) is 0 Å². The highest BCUT2D eigenvalue weighted by atomic mass is 16.5. The summed E-state index contributed by atoms with van der Waals surface area (Å²) in [5.74, 6) is 0.789. The standard InChI is InChI=1S/C21H24N4O2/c1-14-12-20(24-25(14)2)21(26)23-16-5-7-17(8-6-16)27-18-9-10-19-15(13-18)4-3-11-22-19/h3-4,9-13,16-17H,5-8H2,1-2H3,(H,23,26). The highest BCUT2D eigenvalue weighted by Crippen LogP contribution is 2.26. The van der Waals surface area contributed by atoms with Gasteiger partial charge in [0, 0.05) is 30.4 Å². The predicted octanol–water partition coefficient (Wildman–Crippen LogP) is 3.40. The smallest absolute Gasteiger partial charge is 0.272 e. The zero-order valence-electron chi connectivity index (χ0n) is 15.7. The lowest BCUT2D eigenvalue weighted by molar-refractivity contribution is 0.0888. The van der Waals surface area contributed by atoms with Crippen LogP contribution in [0.5, 0.6) is 5.75 Å². The molecule has 6 heteroatoms. The van der Waals surface area contributed by atoms with Gasteiger partial charge >= 0.3 is 0 Å². The van der Waals surface area contributed by atoms with Gasteiger partial charge in [0.2, 0.25) is 0 Å². The Morgan fingerprint density at radius 2 is 2.00 bits per heavy atom. The molecule has 6 nitrogen and oxygen atoms in total. The van der Waals surface area contributed by atoms with Crippen molar-refractivity contribution in [2.24, 2.45) is 7.05 Å². The molecule has 140 valence electrons. The molecule has 0 unspecified atom stereocenters. The molecule has 1 amide bonds. The lowest BCUT2D eigenvalue weighted by Crippen LogP contribution is -2.39. The van der Waals surface area contributed by atoms with Crippen LogP contribution in [0.2, 0.25) is 0 Å². The number of nitrogens with zero attached hydrogens (tertiary/aromatic N) is 3. The highest BCUT2D eigenvalue weighted by molar-refractivity contribution is 5.92. The van der Waals surface area contributed by atoms with E-state index in [4.69, 9.17) is 4.74 Å². The number of pyridine rings is 1. The monoisotopic (exact) mass is 364 g/mol. The number of aryl methyl sites for hydroxylation is 2. The maximum Gasteiger partial charge on any atom is 0.272 e. The molecule has 1 aromatic carbocycles. The maximum atomic E-state index is 12.4. The molecular weight excluding hydrogens is 340 g/mol. The van der Waals surface area contributed by atoms with Crippen LogP contribution < -0.4 is 10.1 Å². The third-order valence-corrected chi connectivity index (χ3v) is 5.23. The summed E-state index contributed by atoms with van der Waals surface area (Å²) < 4.78 is 7.89. The van der Waals surface area contributed by atoms with Gasteiger partial charge in [0.05, 0.1) is 11.6 Å². The Bertz CT molecular complexity index is 938. The Morgan fingerprint density at radius 1 is 1.19 bits per heavy atom. The van der Waals surface area contributed by atoms with E-state index in [1.807, 2.05) is 50.4 Å². The van der Waals surface area contributed by atoms with Gasteiger partial charge in [0.25, 0.3) is 5.91 Å². The summed E-state index contributed by atoms with van der Waals surface area (Å²) in [5.41, 5.74) is 2.43. The molecule has 1 N–H and O–H groups in total. The number of aromatic nitrogens is 3. The largest absolute Gasteiger partial charge is 0.490 e. The molecule has 1 saturated carbocycles. The molecule has 0 aliphatic heterocycles. The third-order valence-electron chi connectivity index (χ3n) is 5.23. The number of fused-ring (bicyclic) bond motifs is 1. The van der Waals surface area contributed by atoms with Gasteiger partial charge in [-0.15, -0.1) is 0 Å². The van der Waals surface area contributed by atoms with Gasteiger partial charge in [0.1, 0.15) is 11.4 Å². The molecule has 0 radical (unpaired) electrons. The van der Waals surface area contributed by atoms with Crippen molar-refractivity contribution in [3.8, 4) is 5.75 Å². The third kappa shape index (κ3) is 3.94. The minimum atomic E-state index is -0.0925. The molecule has 27 heavy (non-hydrogen) atoms. The lowest BCUT2D eigenvalue weighted by Gasteiger charge is -2.29. The summed E-state index contributed by atoms with van der Waals surface area (Å²) in [5, 5.41) is 8.44. The van der Waals surface area contributed by atoms with Crippen LogP contribution in [0, 0.1) is 6.92 Å². The van der Waals surface area contributed by atoms with Crippen molar-refractivity contribution in [1.82, 2.24) is 20.1 Å². The molecular formula is C21H24N4O2. The second kappa shape index (κ2) is 7.39. The van der Waals surface area contributed by atoms with Crippen LogP contribution in [0.25, 0.3) is 10.9 Å². The Kier molecular flexibility index (Phi) is 4.79. The Morgan fingerprint density at radius 3 is 2.74 bits per heavy atom. The van der Waals surface area contributed by atoms with Crippen LogP contribution >= 0.6 is 0 Å². The number of carbonyl (C=O) groups is 1. The minimum Gasteiger partial charge on any atom is -0.490 e. The fourth-order valence-corrected chi connectivity index (χ4v) is 3.58. The van der Waals surface area contributed by atoms with Crippen molar-refractivity contribution in [2.45, 2.75) is 44.8 Å².